The molecule has 1 aliphatic heterocycles. The fourth-order valence-electron chi connectivity index (χ4n) is 2.14. The summed E-state index contributed by atoms with van der Waals surface area (Å²) >= 11 is 0. The van der Waals surface area contributed by atoms with E-state index in [9.17, 15) is 0 Å². The molecule has 1 fully saturated rings. The van der Waals surface area contributed by atoms with Gasteiger partial charge >= 0.3 is 0 Å². The number of benzene rings is 1. The molecular formula is C13H20N2O. The Balaban J connectivity index is 1.84. The molecule has 1 aliphatic rings. The summed E-state index contributed by atoms with van der Waals surface area (Å²) in [6, 6.07) is 8.05. The van der Waals surface area contributed by atoms with E-state index in [1.54, 1.807) is 0 Å². The zero-order valence-corrected chi connectivity index (χ0v) is 9.86. The third-order valence-corrected chi connectivity index (χ3v) is 3.11. The number of hydrogen-bond donors (Lipinski definition) is 1. The van der Waals surface area contributed by atoms with Crippen LogP contribution >= 0.6 is 0 Å². The SMILES string of the molecule is CN1CCC(COc2cccc(CN)c2)C1. The minimum atomic E-state index is 0.573. The van der Waals surface area contributed by atoms with E-state index in [1.165, 1.54) is 13.0 Å². The third-order valence-electron chi connectivity index (χ3n) is 3.11. The van der Waals surface area contributed by atoms with Crippen LogP contribution < -0.4 is 10.5 Å². The van der Waals surface area contributed by atoms with Gasteiger partial charge in [0.1, 0.15) is 5.75 Å². The van der Waals surface area contributed by atoms with Gasteiger partial charge in [-0.05, 0) is 37.7 Å². The van der Waals surface area contributed by atoms with Gasteiger partial charge in [0.05, 0.1) is 6.61 Å². The van der Waals surface area contributed by atoms with Crippen molar-refractivity contribution in [1.29, 1.82) is 0 Å². The molecule has 0 radical (unpaired) electrons. The van der Waals surface area contributed by atoms with Crippen LogP contribution in [0.5, 0.6) is 5.75 Å². The van der Waals surface area contributed by atoms with Crippen molar-refractivity contribution >= 4 is 0 Å². The first-order valence-corrected chi connectivity index (χ1v) is 5.88. The van der Waals surface area contributed by atoms with Crippen LogP contribution in [0.3, 0.4) is 0 Å². The van der Waals surface area contributed by atoms with Gasteiger partial charge in [-0.2, -0.15) is 0 Å². The molecule has 0 bridgehead atoms. The lowest BCUT2D eigenvalue weighted by Gasteiger charge is -2.12. The Bertz CT molecular complexity index is 340. The second-order valence-corrected chi connectivity index (χ2v) is 4.58. The van der Waals surface area contributed by atoms with E-state index in [4.69, 9.17) is 10.5 Å². The summed E-state index contributed by atoms with van der Waals surface area (Å²) < 4.78 is 5.80. The van der Waals surface area contributed by atoms with Gasteiger partial charge in [0.15, 0.2) is 0 Å². The summed E-state index contributed by atoms with van der Waals surface area (Å²) in [5, 5.41) is 0. The van der Waals surface area contributed by atoms with Gasteiger partial charge in [-0.25, -0.2) is 0 Å². The molecule has 88 valence electrons. The van der Waals surface area contributed by atoms with Crippen molar-refractivity contribution in [2.45, 2.75) is 13.0 Å². The van der Waals surface area contributed by atoms with Crippen molar-refractivity contribution in [1.82, 2.24) is 4.90 Å². The Morgan fingerprint density at radius 3 is 3.06 bits per heavy atom. The maximum absolute atomic E-state index is 5.80. The van der Waals surface area contributed by atoms with Crippen molar-refractivity contribution in [3.05, 3.63) is 29.8 Å². The lowest BCUT2D eigenvalue weighted by atomic mass is 10.1. The quantitative estimate of drug-likeness (QED) is 0.835. The largest absolute Gasteiger partial charge is 0.493 e. The Labute approximate surface area is 97.2 Å². The van der Waals surface area contributed by atoms with Gasteiger partial charge in [0.25, 0.3) is 0 Å². The molecule has 1 heterocycles. The van der Waals surface area contributed by atoms with Crippen LogP contribution in [0.2, 0.25) is 0 Å². The Kier molecular flexibility index (Phi) is 3.80. The molecule has 1 aromatic rings. The second kappa shape index (κ2) is 5.32. The topological polar surface area (TPSA) is 38.5 Å². The molecule has 0 saturated carbocycles. The monoisotopic (exact) mass is 220 g/mol. The van der Waals surface area contributed by atoms with Crippen molar-refractivity contribution in [3.8, 4) is 5.75 Å². The second-order valence-electron chi connectivity index (χ2n) is 4.58. The predicted molar refractivity (Wildman–Crippen MR) is 65.4 cm³/mol. The number of nitrogens with two attached hydrogens (primary N) is 1. The predicted octanol–water partition coefficient (Wildman–Crippen LogP) is 1.48. The average Bonchev–Trinajstić information content (AvgIpc) is 2.73. The van der Waals surface area contributed by atoms with Crippen LogP contribution in [0.15, 0.2) is 24.3 Å². The van der Waals surface area contributed by atoms with Gasteiger partial charge in [0.2, 0.25) is 0 Å². The van der Waals surface area contributed by atoms with Gasteiger partial charge < -0.3 is 15.4 Å². The summed E-state index contributed by atoms with van der Waals surface area (Å²) in [7, 11) is 2.16. The van der Waals surface area contributed by atoms with E-state index in [0.717, 1.165) is 24.5 Å². The van der Waals surface area contributed by atoms with Crippen LogP contribution in [0.4, 0.5) is 0 Å². The lowest BCUT2D eigenvalue weighted by Crippen LogP contribution is -2.18. The highest BCUT2D eigenvalue weighted by atomic mass is 16.5. The summed E-state index contributed by atoms with van der Waals surface area (Å²) in [6.45, 7) is 3.73. The van der Waals surface area contributed by atoms with Crippen molar-refractivity contribution < 1.29 is 4.74 Å². The Morgan fingerprint density at radius 2 is 2.38 bits per heavy atom. The molecule has 0 aliphatic carbocycles. The summed E-state index contributed by atoms with van der Waals surface area (Å²) in [4.78, 5) is 2.35. The highest BCUT2D eigenvalue weighted by molar-refractivity contribution is 5.28. The van der Waals surface area contributed by atoms with E-state index in [1.807, 2.05) is 24.3 Å². The van der Waals surface area contributed by atoms with Crippen molar-refractivity contribution in [2.24, 2.45) is 11.7 Å². The van der Waals surface area contributed by atoms with Crippen LogP contribution in [-0.2, 0) is 6.54 Å². The smallest absolute Gasteiger partial charge is 0.119 e. The molecule has 1 atom stereocenters. The molecule has 0 spiro atoms. The standard InChI is InChI=1S/C13H20N2O/c1-15-6-5-12(9-15)10-16-13-4-2-3-11(7-13)8-14/h2-4,7,12H,5-6,8-10,14H2,1H3. The lowest BCUT2D eigenvalue weighted by molar-refractivity contribution is 0.249. The molecule has 2 rings (SSSR count). The fraction of sp³-hybridized carbons (Fsp3) is 0.538. The Hall–Kier alpha value is -1.06. The summed E-state index contributed by atoms with van der Waals surface area (Å²) in [6.07, 6.45) is 1.24. The zero-order valence-electron chi connectivity index (χ0n) is 9.86. The molecule has 3 nitrogen and oxygen atoms in total. The molecular weight excluding hydrogens is 200 g/mol. The van der Waals surface area contributed by atoms with Crippen LogP contribution in [0, 0.1) is 5.92 Å². The summed E-state index contributed by atoms with van der Waals surface area (Å²) in [5.74, 6) is 1.61. The molecule has 2 N–H and O–H groups in total. The molecule has 1 unspecified atom stereocenters. The third kappa shape index (κ3) is 2.97. The fourth-order valence-corrected chi connectivity index (χ4v) is 2.14. The maximum atomic E-state index is 5.80. The minimum Gasteiger partial charge on any atom is -0.493 e. The molecule has 3 heteroatoms. The first-order chi connectivity index (χ1) is 7.78. The van der Waals surface area contributed by atoms with Gasteiger partial charge in [-0.1, -0.05) is 12.1 Å². The average molecular weight is 220 g/mol. The normalized spacial score (nSPS) is 21.2. The number of nitrogens with zero attached hydrogens (tertiary/aromatic N) is 1. The van der Waals surface area contributed by atoms with Crippen LogP contribution in [-0.4, -0.2) is 31.6 Å². The first kappa shape index (κ1) is 11.4. The highest BCUT2D eigenvalue weighted by Crippen LogP contribution is 2.18. The highest BCUT2D eigenvalue weighted by Gasteiger charge is 2.19. The van der Waals surface area contributed by atoms with Gasteiger partial charge in [0, 0.05) is 19.0 Å². The van der Waals surface area contributed by atoms with E-state index >= 15 is 0 Å². The van der Waals surface area contributed by atoms with Crippen LogP contribution in [0.1, 0.15) is 12.0 Å². The summed E-state index contributed by atoms with van der Waals surface area (Å²) in [5.41, 5.74) is 6.72. The van der Waals surface area contributed by atoms with E-state index in [0.29, 0.717) is 12.5 Å². The number of rotatable bonds is 4. The van der Waals surface area contributed by atoms with Crippen LogP contribution in [0.25, 0.3) is 0 Å². The number of ether oxygens (including phenoxy) is 1. The van der Waals surface area contributed by atoms with E-state index in [2.05, 4.69) is 11.9 Å². The zero-order chi connectivity index (χ0) is 11.4. The first-order valence-electron chi connectivity index (χ1n) is 5.88. The van der Waals surface area contributed by atoms with Crippen molar-refractivity contribution in [3.63, 3.8) is 0 Å². The van der Waals surface area contributed by atoms with E-state index in [-0.39, 0.29) is 0 Å². The molecule has 1 aromatic carbocycles. The molecule has 0 amide bonds. The Morgan fingerprint density at radius 1 is 1.50 bits per heavy atom. The minimum absolute atomic E-state index is 0.573. The van der Waals surface area contributed by atoms with Crippen molar-refractivity contribution in [2.75, 3.05) is 26.7 Å². The molecule has 1 saturated heterocycles. The van der Waals surface area contributed by atoms with Gasteiger partial charge in [-0.3, -0.25) is 0 Å². The number of hydrogen-bond acceptors (Lipinski definition) is 3. The molecule has 0 aromatic heterocycles. The van der Waals surface area contributed by atoms with Gasteiger partial charge in [-0.15, -0.1) is 0 Å². The maximum Gasteiger partial charge on any atom is 0.119 e. The number of likely N-dealkylation sites (tertiary alicyclic amines) is 1. The van der Waals surface area contributed by atoms with E-state index < -0.39 is 0 Å². The molecule has 16 heavy (non-hydrogen) atoms.